The molecule has 0 saturated heterocycles. The quantitative estimate of drug-likeness (QED) is 0.537. The Balaban J connectivity index is 1.80. The van der Waals surface area contributed by atoms with Crippen LogP contribution in [0.3, 0.4) is 0 Å². The van der Waals surface area contributed by atoms with Crippen LogP contribution >= 0.6 is 23.1 Å². The van der Waals surface area contributed by atoms with Gasteiger partial charge < -0.3 is 10.3 Å². The standard InChI is InChI=1S/C17H17N3O2S2/c1-3-12(14(21)18-11-7-5-4-6-8-11)24-17-19-15(22)13-10(2)9-23-16(13)20-17/h4-9,12H,3H2,1-2H3,(H,18,21)(H,19,20,22)/t12-/m1/s1. The molecule has 0 saturated carbocycles. The monoisotopic (exact) mass is 359 g/mol. The van der Waals surface area contributed by atoms with Crippen LogP contribution in [0.15, 0.2) is 45.7 Å². The van der Waals surface area contributed by atoms with Crippen molar-refractivity contribution in [1.82, 2.24) is 9.97 Å². The molecule has 0 aliphatic rings. The van der Waals surface area contributed by atoms with Crippen molar-refractivity contribution in [2.75, 3.05) is 5.32 Å². The lowest BCUT2D eigenvalue weighted by Gasteiger charge is -2.14. The number of benzene rings is 1. The van der Waals surface area contributed by atoms with E-state index in [9.17, 15) is 9.59 Å². The number of rotatable bonds is 5. The number of amides is 1. The highest BCUT2D eigenvalue weighted by Crippen LogP contribution is 2.26. The summed E-state index contributed by atoms with van der Waals surface area (Å²) in [4.78, 5) is 32.6. The molecule has 0 spiro atoms. The Labute approximate surface area is 147 Å². The maximum absolute atomic E-state index is 12.5. The number of thiophene rings is 1. The fourth-order valence-electron chi connectivity index (χ4n) is 2.33. The number of carbonyl (C=O) groups excluding carboxylic acids is 1. The topological polar surface area (TPSA) is 74.8 Å². The molecule has 0 fully saturated rings. The summed E-state index contributed by atoms with van der Waals surface area (Å²) < 4.78 is 0. The molecule has 0 aliphatic heterocycles. The molecule has 24 heavy (non-hydrogen) atoms. The highest BCUT2D eigenvalue weighted by Gasteiger charge is 2.20. The molecule has 0 radical (unpaired) electrons. The van der Waals surface area contributed by atoms with E-state index in [-0.39, 0.29) is 16.7 Å². The summed E-state index contributed by atoms with van der Waals surface area (Å²) >= 11 is 2.73. The third kappa shape index (κ3) is 3.52. The van der Waals surface area contributed by atoms with E-state index < -0.39 is 0 Å². The molecule has 3 aromatic rings. The molecule has 124 valence electrons. The van der Waals surface area contributed by atoms with Gasteiger partial charge in [0.2, 0.25) is 5.91 Å². The largest absolute Gasteiger partial charge is 0.325 e. The van der Waals surface area contributed by atoms with E-state index in [1.54, 1.807) is 0 Å². The number of hydrogen-bond acceptors (Lipinski definition) is 5. The molecule has 2 aromatic heterocycles. The Kier molecular flexibility index (Phi) is 5.01. The van der Waals surface area contributed by atoms with Crippen molar-refractivity contribution in [1.29, 1.82) is 0 Å². The second-order valence-corrected chi connectivity index (χ2v) is 7.39. The van der Waals surface area contributed by atoms with E-state index in [0.29, 0.717) is 21.8 Å². The van der Waals surface area contributed by atoms with Crippen molar-refractivity contribution in [2.24, 2.45) is 0 Å². The zero-order chi connectivity index (χ0) is 17.1. The first-order valence-corrected chi connectivity index (χ1v) is 9.35. The van der Waals surface area contributed by atoms with Crippen molar-refractivity contribution < 1.29 is 4.79 Å². The van der Waals surface area contributed by atoms with Gasteiger partial charge in [0.15, 0.2) is 5.16 Å². The molecular weight excluding hydrogens is 342 g/mol. The normalized spacial score (nSPS) is 12.2. The number of H-pyrrole nitrogens is 1. The average molecular weight is 359 g/mol. The minimum absolute atomic E-state index is 0.0983. The molecule has 0 aliphatic carbocycles. The van der Waals surface area contributed by atoms with Crippen molar-refractivity contribution in [3.8, 4) is 0 Å². The highest BCUT2D eigenvalue weighted by atomic mass is 32.2. The van der Waals surface area contributed by atoms with Crippen LogP contribution in [-0.4, -0.2) is 21.1 Å². The lowest BCUT2D eigenvalue weighted by molar-refractivity contribution is -0.115. The highest BCUT2D eigenvalue weighted by molar-refractivity contribution is 8.00. The minimum Gasteiger partial charge on any atom is -0.325 e. The second-order valence-electron chi connectivity index (χ2n) is 5.34. The molecular formula is C17H17N3O2S2. The molecule has 1 amide bonds. The number of anilines is 1. The number of aromatic amines is 1. The molecule has 1 atom stereocenters. The van der Waals surface area contributed by atoms with Crippen LogP contribution in [-0.2, 0) is 4.79 Å². The lowest BCUT2D eigenvalue weighted by Crippen LogP contribution is -2.25. The third-order valence-electron chi connectivity index (χ3n) is 3.56. The number of hydrogen-bond donors (Lipinski definition) is 2. The molecule has 0 bridgehead atoms. The van der Waals surface area contributed by atoms with Crippen LogP contribution in [0, 0.1) is 6.92 Å². The van der Waals surface area contributed by atoms with Gasteiger partial charge in [0.05, 0.1) is 10.6 Å². The van der Waals surface area contributed by atoms with Crippen molar-refractivity contribution in [3.05, 3.63) is 51.6 Å². The van der Waals surface area contributed by atoms with E-state index in [0.717, 1.165) is 11.3 Å². The van der Waals surface area contributed by atoms with Crippen LogP contribution in [0.1, 0.15) is 18.9 Å². The summed E-state index contributed by atoms with van der Waals surface area (Å²) in [6.07, 6.45) is 0.633. The van der Waals surface area contributed by atoms with Gasteiger partial charge in [-0.05, 0) is 36.4 Å². The fourth-order valence-corrected chi connectivity index (χ4v) is 4.20. The van der Waals surface area contributed by atoms with E-state index >= 15 is 0 Å². The minimum atomic E-state index is -0.327. The zero-order valence-corrected chi connectivity index (χ0v) is 15.0. The Hall–Kier alpha value is -2.12. The maximum Gasteiger partial charge on any atom is 0.260 e. The van der Waals surface area contributed by atoms with E-state index in [2.05, 4.69) is 15.3 Å². The summed E-state index contributed by atoms with van der Waals surface area (Å²) in [6.45, 7) is 3.83. The van der Waals surface area contributed by atoms with Gasteiger partial charge >= 0.3 is 0 Å². The predicted molar refractivity (Wildman–Crippen MR) is 100.0 cm³/mol. The smallest absolute Gasteiger partial charge is 0.260 e. The first kappa shape index (κ1) is 16.7. The number of fused-ring (bicyclic) bond motifs is 1. The van der Waals surface area contributed by atoms with Crippen molar-refractivity contribution in [3.63, 3.8) is 0 Å². The predicted octanol–water partition coefficient (Wildman–Crippen LogP) is 3.80. The summed E-state index contributed by atoms with van der Waals surface area (Å²) in [5.74, 6) is -0.0983. The number of carbonyl (C=O) groups is 1. The molecule has 7 heteroatoms. The van der Waals surface area contributed by atoms with Crippen LogP contribution in [0.2, 0.25) is 0 Å². The Morgan fingerprint density at radius 2 is 2.12 bits per heavy atom. The fraction of sp³-hybridized carbons (Fsp3) is 0.235. The van der Waals surface area contributed by atoms with Crippen molar-refractivity contribution >= 4 is 44.9 Å². The first-order chi connectivity index (χ1) is 11.6. The second kappa shape index (κ2) is 7.19. The molecule has 0 unspecified atom stereocenters. The van der Waals surface area contributed by atoms with Crippen LogP contribution < -0.4 is 10.9 Å². The molecule has 3 rings (SSSR count). The maximum atomic E-state index is 12.5. The van der Waals surface area contributed by atoms with Crippen molar-refractivity contribution in [2.45, 2.75) is 30.7 Å². The number of aryl methyl sites for hydroxylation is 1. The first-order valence-electron chi connectivity index (χ1n) is 7.59. The number of thioether (sulfide) groups is 1. The van der Waals surface area contributed by atoms with Gasteiger partial charge in [0, 0.05) is 5.69 Å². The van der Waals surface area contributed by atoms with Gasteiger partial charge in [-0.3, -0.25) is 9.59 Å². The number of para-hydroxylation sites is 1. The van der Waals surface area contributed by atoms with Crippen LogP contribution in [0.4, 0.5) is 5.69 Å². The summed E-state index contributed by atoms with van der Waals surface area (Å²) in [7, 11) is 0. The average Bonchev–Trinajstić information content (AvgIpc) is 2.95. The third-order valence-corrected chi connectivity index (χ3v) is 5.80. The Bertz CT molecular complexity index is 918. The van der Waals surface area contributed by atoms with Crippen LogP contribution in [0.25, 0.3) is 10.2 Å². The van der Waals surface area contributed by atoms with Gasteiger partial charge in [0.1, 0.15) is 4.83 Å². The lowest BCUT2D eigenvalue weighted by atomic mass is 10.3. The summed E-state index contributed by atoms with van der Waals surface area (Å²) in [5, 5.41) is 5.59. The Morgan fingerprint density at radius 3 is 2.83 bits per heavy atom. The van der Waals surface area contributed by atoms with E-state index in [4.69, 9.17) is 0 Å². The molecule has 5 nitrogen and oxygen atoms in total. The zero-order valence-electron chi connectivity index (χ0n) is 13.3. The van der Waals surface area contributed by atoms with Gasteiger partial charge in [-0.15, -0.1) is 11.3 Å². The van der Waals surface area contributed by atoms with Gasteiger partial charge in [-0.1, -0.05) is 36.9 Å². The molecule has 2 heterocycles. The van der Waals surface area contributed by atoms with Gasteiger partial charge in [-0.25, -0.2) is 4.98 Å². The van der Waals surface area contributed by atoms with E-state index in [1.807, 2.05) is 49.6 Å². The number of nitrogens with zero attached hydrogens (tertiary/aromatic N) is 1. The Morgan fingerprint density at radius 1 is 1.38 bits per heavy atom. The van der Waals surface area contributed by atoms with E-state index in [1.165, 1.54) is 23.1 Å². The summed E-state index contributed by atoms with van der Waals surface area (Å²) in [6, 6.07) is 9.33. The molecule has 1 aromatic carbocycles. The van der Waals surface area contributed by atoms with Gasteiger partial charge in [0.25, 0.3) is 5.56 Å². The number of aromatic nitrogens is 2. The SMILES string of the molecule is CC[C@@H](Sc1nc2scc(C)c2c(=O)[nH]1)C(=O)Nc1ccccc1. The summed E-state index contributed by atoms with van der Waals surface area (Å²) in [5.41, 5.74) is 1.53. The van der Waals surface area contributed by atoms with Crippen LogP contribution in [0.5, 0.6) is 0 Å². The van der Waals surface area contributed by atoms with Gasteiger partial charge in [-0.2, -0.15) is 0 Å². The number of nitrogens with one attached hydrogen (secondary N) is 2. The molecule has 2 N–H and O–H groups in total.